The molecule has 1 N–H and O–H groups in total. The van der Waals surface area contributed by atoms with Crippen molar-refractivity contribution in [2.45, 2.75) is 32.0 Å². The predicted molar refractivity (Wildman–Crippen MR) is 122 cm³/mol. The summed E-state index contributed by atoms with van der Waals surface area (Å²) in [6.07, 6.45) is -4.52. The van der Waals surface area contributed by atoms with Gasteiger partial charge < -0.3 is 10.2 Å². The van der Waals surface area contributed by atoms with Crippen molar-refractivity contribution < 1.29 is 22.8 Å². The van der Waals surface area contributed by atoms with Crippen LogP contribution in [0.3, 0.4) is 0 Å². The van der Waals surface area contributed by atoms with Crippen molar-refractivity contribution in [3.05, 3.63) is 87.6 Å². The minimum atomic E-state index is -4.52. The highest BCUT2D eigenvalue weighted by atomic mass is 32.1. The van der Waals surface area contributed by atoms with E-state index in [4.69, 9.17) is 0 Å². The second-order valence-electron chi connectivity index (χ2n) is 8.44. The van der Waals surface area contributed by atoms with Gasteiger partial charge in [-0.05, 0) is 47.2 Å². The first-order chi connectivity index (χ1) is 15.7. The van der Waals surface area contributed by atoms with E-state index in [2.05, 4.69) is 5.32 Å². The van der Waals surface area contributed by atoms with Gasteiger partial charge in [0.15, 0.2) is 0 Å². The largest absolute Gasteiger partial charge is 0.416 e. The van der Waals surface area contributed by atoms with E-state index in [0.717, 1.165) is 17.0 Å². The molecule has 2 amide bonds. The fourth-order valence-electron chi connectivity index (χ4n) is 4.24. The first-order valence-electron chi connectivity index (χ1n) is 10.6. The Bertz CT molecular complexity index is 1160. The number of halogens is 3. The molecule has 2 heterocycles. The molecule has 2 atom stereocenters. The summed E-state index contributed by atoms with van der Waals surface area (Å²) < 4.78 is 39.5. The molecule has 0 aliphatic carbocycles. The number of benzene rings is 2. The van der Waals surface area contributed by atoms with Gasteiger partial charge in [0, 0.05) is 22.7 Å². The maximum absolute atomic E-state index is 13.6. The number of carbonyl (C=O) groups excluding carboxylic acids is 2. The molecule has 3 aromatic rings. The number of anilines is 1. The Labute approximate surface area is 194 Å². The van der Waals surface area contributed by atoms with Crippen LogP contribution in [0.1, 0.15) is 52.2 Å². The number of nitrogens with zero attached hydrogens (tertiary/aromatic N) is 1. The van der Waals surface area contributed by atoms with Crippen LogP contribution in [0.25, 0.3) is 0 Å². The van der Waals surface area contributed by atoms with E-state index in [1.165, 1.54) is 23.5 Å². The Morgan fingerprint density at radius 2 is 1.85 bits per heavy atom. The third-order valence-corrected chi connectivity index (χ3v) is 6.52. The van der Waals surface area contributed by atoms with Gasteiger partial charge in [0.2, 0.25) is 5.91 Å². The molecule has 0 saturated heterocycles. The Morgan fingerprint density at radius 3 is 2.52 bits per heavy atom. The molecule has 0 fully saturated rings. The molecule has 0 bridgehead atoms. The Kier molecular flexibility index (Phi) is 6.30. The molecule has 0 spiro atoms. The predicted octanol–water partition coefficient (Wildman–Crippen LogP) is 6.34. The van der Waals surface area contributed by atoms with Crippen LogP contribution >= 0.6 is 11.3 Å². The number of alkyl halides is 3. The van der Waals surface area contributed by atoms with E-state index < -0.39 is 29.6 Å². The first kappa shape index (κ1) is 23.0. The number of rotatable bonds is 5. The van der Waals surface area contributed by atoms with Gasteiger partial charge >= 0.3 is 6.18 Å². The van der Waals surface area contributed by atoms with Gasteiger partial charge in [-0.15, -0.1) is 11.3 Å². The lowest BCUT2D eigenvalue weighted by Gasteiger charge is -2.42. The van der Waals surface area contributed by atoms with Crippen LogP contribution in [-0.2, 0) is 11.0 Å². The summed E-state index contributed by atoms with van der Waals surface area (Å²) in [5.41, 5.74) is 0.237. The molecule has 33 heavy (non-hydrogen) atoms. The third-order valence-electron chi connectivity index (χ3n) is 5.58. The second-order valence-corrected chi connectivity index (χ2v) is 9.42. The summed E-state index contributed by atoms with van der Waals surface area (Å²) in [7, 11) is 0. The highest BCUT2D eigenvalue weighted by molar-refractivity contribution is 7.10. The monoisotopic (exact) mass is 472 g/mol. The van der Waals surface area contributed by atoms with Gasteiger partial charge in [0.05, 0.1) is 17.5 Å². The molecule has 1 aromatic heterocycles. The highest BCUT2D eigenvalue weighted by Gasteiger charge is 2.44. The summed E-state index contributed by atoms with van der Waals surface area (Å²) in [4.78, 5) is 29.6. The summed E-state index contributed by atoms with van der Waals surface area (Å²) >= 11 is 1.45. The summed E-state index contributed by atoms with van der Waals surface area (Å²) in [6, 6.07) is 14.7. The van der Waals surface area contributed by atoms with Gasteiger partial charge in [-0.25, -0.2) is 0 Å². The molecule has 4 nitrogen and oxygen atoms in total. The number of hydrogen-bond acceptors (Lipinski definition) is 3. The minimum absolute atomic E-state index is 0.0598. The lowest BCUT2D eigenvalue weighted by atomic mass is 9.81. The molecular weight excluding hydrogens is 449 g/mol. The normalized spacial score (nSPS) is 18.4. The van der Waals surface area contributed by atoms with Crippen molar-refractivity contribution in [3.63, 3.8) is 0 Å². The topological polar surface area (TPSA) is 49.4 Å². The Hall–Kier alpha value is -3.13. The van der Waals surface area contributed by atoms with Crippen molar-refractivity contribution in [3.8, 4) is 0 Å². The van der Waals surface area contributed by atoms with Crippen LogP contribution < -0.4 is 5.32 Å². The maximum atomic E-state index is 13.6. The molecule has 0 radical (unpaired) electrons. The molecule has 1 aliphatic heterocycles. The second kappa shape index (κ2) is 9.02. The van der Waals surface area contributed by atoms with Crippen molar-refractivity contribution >= 4 is 28.8 Å². The molecule has 2 unspecified atom stereocenters. The Morgan fingerprint density at radius 1 is 1.09 bits per heavy atom. The van der Waals surface area contributed by atoms with Crippen LogP contribution in [0.4, 0.5) is 18.9 Å². The van der Waals surface area contributed by atoms with E-state index in [9.17, 15) is 22.8 Å². The van der Waals surface area contributed by atoms with Gasteiger partial charge in [-0.1, -0.05) is 44.2 Å². The van der Waals surface area contributed by atoms with E-state index in [1.807, 2.05) is 31.4 Å². The van der Waals surface area contributed by atoms with Gasteiger partial charge in [0.1, 0.15) is 0 Å². The number of nitrogens with one attached hydrogen (secondary N) is 1. The van der Waals surface area contributed by atoms with Gasteiger partial charge in [-0.2, -0.15) is 13.2 Å². The van der Waals surface area contributed by atoms with Crippen molar-refractivity contribution in [2.75, 3.05) is 11.9 Å². The summed E-state index contributed by atoms with van der Waals surface area (Å²) in [5, 5.41) is 4.56. The van der Waals surface area contributed by atoms with E-state index in [1.54, 1.807) is 29.2 Å². The molecular formula is C25H23F3N2O2S. The number of fused-ring (bicyclic) bond motifs is 1. The average Bonchev–Trinajstić information content (AvgIpc) is 3.29. The molecule has 172 valence electrons. The van der Waals surface area contributed by atoms with Crippen LogP contribution in [-0.4, -0.2) is 23.3 Å². The number of hydrogen-bond donors (Lipinski definition) is 1. The lowest BCUT2D eigenvalue weighted by molar-refractivity contribution is -0.137. The smallest absolute Gasteiger partial charge is 0.329 e. The van der Waals surface area contributed by atoms with E-state index in [0.29, 0.717) is 17.7 Å². The van der Waals surface area contributed by atoms with Crippen LogP contribution in [0.5, 0.6) is 0 Å². The lowest BCUT2D eigenvalue weighted by Crippen LogP contribution is -2.47. The molecule has 8 heteroatoms. The molecule has 2 aromatic carbocycles. The van der Waals surface area contributed by atoms with E-state index in [-0.39, 0.29) is 17.5 Å². The van der Waals surface area contributed by atoms with Crippen molar-refractivity contribution in [1.29, 1.82) is 0 Å². The molecule has 1 aliphatic rings. The average molecular weight is 473 g/mol. The van der Waals surface area contributed by atoms with Gasteiger partial charge in [-0.3, -0.25) is 9.59 Å². The first-order valence-corrected chi connectivity index (χ1v) is 11.5. The third kappa shape index (κ3) is 4.66. The van der Waals surface area contributed by atoms with E-state index >= 15 is 0 Å². The van der Waals surface area contributed by atoms with Crippen molar-refractivity contribution in [2.24, 2.45) is 5.92 Å². The number of carbonyl (C=O) groups is 2. The Balaban J connectivity index is 1.79. The van der Waals surface area contributed by atoms with Crippen LogP contribution in [0.15, 0.2) is 66.0 Å². The highest BCUT2D eigenvalue weighted by Crippen LogP contribution is 2.45. The fraction of sp³-hybridized carbons (Fsp3) is 0.280. The summed E-state index contributed by atoms with van der Waals surface area (Å²) in [6.45, 7) is 4.44. The zero-order chi connectivity index (χ0) is 23.8. The summed E-state index contributed by atoms with van der Waals surface area (Å²) in [5.74, 6) is -1.22. The number of thiophene rings is 1. The fourth-order valence-corrected chi connectivity index (χ4v) is 5.11. The molecule has 0 saturated carbocycles. The SMILES string of the molecule is CC(C)CN1C(=O)c2ccccc2C(C(=O)Nc2cccc(C(F)(F)F)c2)C1c1cccs1. The van der Waals surface area contributed by atoms with Crippen LogP contribution in [0, 0.1) is 5.92 Å². The quantitative estimate of drug-likeness (QED) is 0.471. The van der Waals surface area contributed by atoms with Crippen molar-refractivity contribution in [1.82, 2.24) is 4.90 Å². The minimum Gasteiger partial charge on any atom is -0.329 e. The maximum Gasteiger partial charge on any atom is 0.416 e. The number of amides is 2. The zero-order valence-corrected chi connectivity index (χ0v) is 18.9. The van der Waals surface area contributed by atoms with Gasteiger partial charge in [0.25, 0.3) is 5.91 Å². The standard InChI is InChI=1S/C25H23F3N2O2S/c1-15(2)14-30-22(20-11-6-12-33-20)21(18-9-3-4-10-19(18)24(30)32)23(31)29-17-8-5-7-16(13-17)25(26,27)28/h3-13,15,21-22H,14H2,1-2H3,(H,29,31). The zero-order valence-electron chi connectivity index (χ0n) is 18.1. The van der Waals surface area contributed by atoms with Crippen LogP contribution in [0.2, 0.25) is 0 Å². The molecule has 4 rings (SSSR count).